The van der Waals surface area contributed by atoms with Crippen molar-refractivity contribution in [2.75, 3.05) is 5.32 Å². The van der Waals surface area contributed by atoms with Crippen LogP contribution in [0.4, 0.5) is 10.1 Å². The van der Waals surface area contributed by atoms with Gasteiger partial charge in [0.15, 0.2) is 6.10 Å². The molecule has 3 nitrogen and oxygen atoms in total. The molecule has 0 saturated carbocycles. The zero-order chi connectivity index (χ0) is 17.1. The van der Waals surface area contributed by atoms with Crippen LogP contribution in [0.5, 0.6) is 5.75 Å². The Morgan fingerprint density at radius 1 is 1.08 bits per heavy atom. The highest BCUT2D eigenvalue weighted by Gasteiger charge is 2.16. The molecule has 1 amide bonds. The second-order valence-electron chi connectivity index (χ2n) is 5.38. The van der Waals surface area contributed by atoms with Gasteiger partial charge < -0.3 is 10.1 Å². The fourth-order valence-corrected chi connectivity index (χ4v) is 2.70. The summed E-state index contributed by atoms with van der Waals surface area (Å²) < 4.78 is 20.3. The van der Waals surface area contributed by atoms with Crippen LogP contribution in [-0.4, -0.2) is 12.0 Å². The van der Waals surface area contributed by atoms with Crippen molar-refractivity contribution in [3.05, 3.63) is 71.0 Å². The molecule has 0 fully saturated rings. The molecule has 0 heterocycles. The number of amides is 1. The molecular formula is C19H15BrFNO2. The quantitative estimate of drug-likeness (QED) is 0.672. The van der Waals surface area contributed by atoms with Gasteiger partial charge in [-0.1, -0.05) is 40.2 Å². The predicted molar refractivity (Wildman–Crippen MR) is 96.8 cm³/mol. The van der Waals surface area contributed by atoms with E-state index < -0.39 is 17.8 Å². The lowest BCUT2D eigenvalue weighted by Crippen LogP contribution is -2.30. The van der Waals surface area contributed by atoms with E-state index in [2.05, 4.69) is 21.2 Å². The minimum Gasteiger partial charge on any atom is -0.481 e. The number of carbonyl (C=O) groups is 1. The molecule has 0 aliphatic carbocycles. The van der Waals surface area contributed by atoms with Crippen molar-refractivity contribution in [3.63, 3.8) is 0 Å². The number of carbonyl (C=O) groups excluding carboxylic acids is 1. The average Bonchev–Trinajstić information content (AvgIpc) is 2.57. The fraction of sp³-hybridized carbons (Fsp3) is 0.105. The molecule has 3 aromatic rings. The molecule has 3 aromatic carbocycles. The van der Waals surface area contributed by atoms with Gasteiger partial charge in [-0.25, -0.2) is 4.39 Å². The van der Waals surface area contributed by atoms with Gasteiger partial charge in [-0.05, 0) is 54.1 Å². The highest BCUT2D eigenvalue weighted by atomic mass is 79.9. The molecule has 3 rings (SSSR count). The van der Waals surface area contributed by atoms with Gasteiger partial charge in [-0.3, -0.25) is 4.79 Å². The van der Waals surface area contributed by atoms with Crippen molar-refractivity contribution < 1.29 is 13.9 Å². The lowest BCUT2D eigenvalue weighted by molar-refractivity contribution is -0.122. The molecule has 1 atom stereocenters. The van der Waals surface area contributed by atoms with Gasteiger partial charge in [-0.2, -0.15) is 0 Å². The van der Waals surface area contributed by atoms with E-state index in [0.717, 1.165) is 15.2 Å². The van der Waals surface area contributed by atoms with E-state index in [1.165, 1.54) is 12.1 Å². The van der Waals surface area contributed by atoms with Gasteiger partial charge in [0.1, 0.15) is 11.6 Å². The summed E-state index contributed by atoms with van der Waals surface area (Å²) >= 11 is 3.43. The molecule has 122 valence electrons. The summed E-state index contributed by atoms with van der Waals surface area (Å²) in [4.78, 5) is 12.2. The second kappa shape index (κ2) is 7.01. The molecule has 0 spiro atoms. The standard InChI is InChI=1S/C19H15BrFNO2/c1-12(19(23)22-18-5-3-2-4-17(18)21)24-16-9-7-13-10-15(20)8-6-14(13)11-16/h2-12H,1H3,(H,22,23)/t12-/m1/s1. The Morgan fingerprint density at radius 2 is 1.79 bits per heavy atom. The number of rotatable bonds is 4. The largest absolute Gasteiger partial charge is 0.481 e. The number of benzene rings is 3. The fourth-order valence-electron chi connectivity index (χ4n) is 2.32. The van der Waals surface area contributed by atoms with Gasteiger partial charge in [0, 0.05) is 4.47 Å². The molecule has 0 bridgehead atoms. The van der Waals surface area contributed by atoms with E-state index in [-0.39, 0.29) is 5.69 Å². The third-order valence-electron chi connectivity index (χ3n) is 3.59. The molecule has 0 aliphatic heterocycles. The summed E-state index contributed by atoms with van der Waals surface area (Å²) in [7, 11) is 0. The normalized spacial score (nSPS) is 12.0. The van der Waals surface area contributed by atoms with Crippen LogP contribution >= 0.6 is 15.9 Å². The highest BCUT2D eigenvalue weighted by molar-refractivity contribution is 9.10. The Labute approximate surface area is 147 Å². The van der Waals surface area contributed by atoms with Crippen LogP contribution in [0.25, 0.3) is 10.8 Å². The van der Waals surface area contributed by atoms with E-state index in [9.17, 15) is 9.18 Å². The monoisotopic (exact) mass is 387 g/mol. The number of fused-ring (bicyclic) bond motifs is 1. The van der Waals surface area contributed by atoms with Crippen molar-refractivity contribution >= 4 is 38.3 Å². The SMILES string of the molecule is C[C@@H](Oc1ccc2cc(Br)ccc2c1)C(=O)Nc1ccccc1F. The summed E-state index contributed by atoms with van der Waals surface area (Å²) in [5.74, 6) is -0.300. The summed E-state index contributed by atoms with van der Waals surface area (Å²) in [6, 6.07) is 17.6. The molecule has 0 aromatic heterocycles. The molecule has 0 radical (unpaired) electrons. The van der Waals surface area contributed by atoms with Crippen molar-refractivity contribution in [3.8, 4) is 5.75 Å². The van der Waals surface area contributed by atoms with Crippen LogP contribution < -0.4 is 10.1 Å². The number of ether oxygens (including phenoxy) is 1. The van der Waals surface area contributed by atoms with E-state index in [4.69, 9.17) is 4.74 Å². The van der Waals surface area contributed by atoms with Gasteiger partial charge in [0.25, 0.3) is 5.91 Å². The Kier molecular flexibility index (Phi) is 4.81. The Hall–Kier alpha value is -2.40. The summed E-state index contributed by atoms with van der Waals surface area (Å²) in [5.41, 5.74) is 0.140. The highest BCUT2D eigenvalue weighted by Crippen LogP contribution is 2.25. The number of para-hydroxylation sites is 1. The van der Waals surface area contributed by atoms with Crippen molar-refractivity contribution in [2.45, 2.75) is 13.0 Å². The van der Waals surface area contributed by atoms with E-state index in [0.29, 0.717) is 5.75 Å². The first-order chi connectivity index (χ1) is 11.5. The number of halogens is 2. The lowest BCUT2D eigenvalue weighted by atomic mass is 10.1. The molecule has 0 saturated heterocycles. The lowest BCUT2D eigenvalue weighted by Gasteiger charge is -2.15. The smallest absolute Gasteiger partial charge is 0.265 e. The summed E-state index contributed by atoms with van der Waals surface area (Å²) in [5, 5.41) is 4.61. The molecule has 24 heavy (non-hydrogen) atoms. The third-order valence-corrected chi connectivity index (χ3v) is 4.08. The minimum absolute atomic E-state index is 0.140. The van der Waals surface area contributed by atoms with Crippen LogP contribution in [0.3, 0.4) is 0 Å². The number of nitrogens with one attached hydrogen (secondary N) is 1. The Bertz CT molecular complexity index is 897. The predicted octanol–water partition coefficient (Wildman–Crippen LogP) is 5.15. The topological polar surface area (TPSA) is 38.3 Å². The first-order valence-corrected chi connectivity index (χ1v) is 8.23. The summed E-state index contributed by atoms with van der Waals surface area (Å²) in [6.07, 6.45) is -0.752. The molecular weight excluding hydrogens is 373 g/mol. The minimum atomic E-state index is -0.752. The average molecular weight is 388 g/mol. The summed E-state index contributed by atoms with van der Waals surface area (Å²) in [6.45, 7) is 1.63. The van der Waals surface area contributed by atoms with E-state index >= 15 is 0 Å². The molecule has 5 heteroatoms. The number of hydrogen-bond acceptors (Lipinski definition) is 2. The van der Waals surface area contributed by atoms with E-state index in [1.807, 2.05) is 36.4 Å². The van der Waals surface area contributed by atoms with Crippen molar-refractivity contribution in [2.24, 2.45) is 0 Å². The van der Waals surface area contributed by atoms with Gasteiger partial charge in [-0.15, -0.1) is 0 Å². The molecule has 0 unspecified atom stereocenters. The second-order valence-corrected chi connectivity index (χ2v) is 6.30. The maximum atomic E-state index is 13.6. The number of anilines is 1. The maximum absolute atomic E-state index is 13.6. The molecule has 1 N–H and O–H groups in total. The Balaban J connectivity index is 1.72. The zero-order valence-corrected chi connectivity index (χ0v) is 14.5. The van der Waals surface area contributed by atoms with Crippen LogP contribution in [0.1, 0.15) is 6.92 Å². The molecule has 0 aliphatic rings. The van der Waals surface area contributed by atoms with E-state index in [1.54, 1.807) is 19.1 Å². The van der Waals surface area contributed by atoms with Gasteiger partial charge in [0.2, 0.25) is 0 Å². The van der Waals surface area contributed by atoms with Crippen LogP contribution in [0.15, 0.2) is 65.1 Å². The van der Waals surface area contributed by atoms with Gasteiger partial charge in [0.05, 0.1) is 5.69 Å². The zero-order valence-electron chi connectivity index (χ0n) is 12.9. The Morgan fingerprint density at radius 3 is 2.58 bits per heavy atom. The third kappa shape index (κ3) is 3.74. The number of hydrogen-bond donors (Lipinski definition) is 1. The van der Waals surface area contributed by atoms with Crippen molar-refractivity contribution in [1.82, 2.24) is 0 Å². The first kappa shape index (κ1) is 16.5. The van der Waals surface area contributed by atoms with Crippen LogP contribution in [0.2, 0.25) is 0 Å². The maximum Gasteiger partial charge on any atom is 0.265 e. The van der Waals surface area contributed by atoms with Crippen LogP contribution in [0, 0.1) is 5.82 Å². The first-order valence-electron chi connectivity index (χ1n) is 7.44. The van der Waals surface area contributed by atoms with Gasteiger partial charge >= 0.3 is 0 Å². The van der Waals surface area contributed by atoms with Crippen LogP contribution in [-0.2, 0) is 4.79 Å². The van der Waals surface area contributed by atoms with Crippen molar-refractivity contribution in [1.29, 1.82) is 0 Å².